The Morgan fingerprint density at radius 2 is 1.88 bits per heavy atom. The summed E-state index contributed by atoms with van der Waals surface area (Å²) in [6.45, 7) is 9.71. The van der Waals surface area contributed by atoms with Crippen LogP contribution >= 0.6 is 11.8 Å². The summed E-state index contributed by atoms with van der Waals surface area (Å²) in [6, 6.07) is 3.25. The van der Waals surface area contributed by atoms with Crippen LogP contribution in [0.15, 0.2) is 17.0 Å². The number of hydrogen-bond donors (Lipinski definition) is 1. The first kappa shape index (κ1) is 13.5. The molecule has 0 saturated carbocycles. The van der Waals surface area contributed by atoms with Gasteiger partial charge in [-0.1, -0.05) is 20.8 Å². The van der Waals surface area contributed by atoms with Crippen LogP contribution in [0.25, 0.3) is 0 Å². The lowest BCUT2D eigenvalue weighted by Crippen LogP contribution is -2.09. The van der Waals surface area contributed by atoms with E-state index in [9.17, 15) is 9.50 Å². The highest BCUT2D eigenvalue weighted by Crippen LogP contribution is 2.37. The van der Waals surface area contributed by atoms with Crippen LogP contribution in [-0.2, 0) is 0 Å². The van der Waals surface area contributed by atoms with Crippen LogP contribution in [0, 0.1) is 12.7 Å². The molecule has 0 radical (unpaired) electrons. The lowest BCUT2D eigenvalue weighted by Gasteiger charge is -2.21. The minimum absolute atomic E-state index is 0.0495. The Morgan fingerprint density at radius 1 is 1.31 bits per heavy atom. The van der Waals surface area contributed by atoms with E-state index in [1.54, 1.807) is 25.6 Å². The number of aliphatic hydroxyl groups excluding tert-OH is 1. The molecule has 1 nitrogen and oxygen atoms in total. The zero-order chi connectivity index (χ0) is 12.5. The first-order valence-corrected chi connectivity index (χ1v) is 6.19. The molecule has 0 aliphatic carbocycles. The molecule has 1 atom stereocenters. The quantitative estimate of drug-likeness (QED) is 0.789. The van der Waals surface area contributed by atoms with E-state index in [-0.39, 0.29) is 10.6 Å². The first-order chi connectivity index (χ1) is 7.20. The molecule has 0 heterocycles. The van der Waals surface area contributed by atoms with Crippen molar-refractivity contribution in [1.29, 1.82) is 0 Å². The highest BCUT2D eigenvalue weighted by molar-refractivity contribution is 8.00. The van der Waals surface area contributed by atoms with Crippen LogP contribution in [0.4, 0.5) is 4.39 Å². The summed E-state index contributed by atoms with van der Waals surface area (Å²) in [4.78, 5) is 0.960. The van der Waals surface area contributed by atoms with Gasteiger partial charge in [-0.3, -0.25) is 0 Å². The number of hydrogen-bond acceptors (Lipinski definition) is 2. The monoisotopic (exact) mass is 242 g/mol. The molecule has 0 spiro atoms. The van der Waals surface area contributed by atoms with Gasteiger partial charge in [-0.25, -0.2) is 4.39 Å². The van der Waals surface area contributed by atoms with Gasteiger partial charge in [0.1, 0.15) is 5.82 Å². The Kier molecular flexibility index (Phi) is 4.02. The van der Waals surface area contributed by atoms with Gasteiger partial charge in [-0.15, -0.1) is 11.8 Å². The zero-order valence-corrected chi connectivity index (χ0v) is 11.3. The van der Waals surface area contributed by atoms with Crippen LogP contribution in [0.1, 0.15) is 44.9 Å². The molecule has 1 unspecified atom stereocenters. The summed E-state index contributed by atoms with van der Waals surface area (Å²) in [5, 5.41) is 9.64. The average Bonchev–Trinajstić information content (AvgIpc) is 2.07. The fourth-order valence-corrected chi connectivity index (χ4v) is 2.66. The minimum atomic E-state index is -0.639. The molecule has 1 aromatic rings. The summed E-state index contributed by atoms with van der Waals surface area (Å²) in [5.41, 5.74) is 1.29. The van der Waals surface area contributed by atoms with Gasteiger partial charge in [-0.2, -0.15) is 0 Å². The molecule has 1 rings (SSSR count). The van der Waals surface area contributed by atoms with E-state index >= 15 is 0 Å². The van der Waals surface area contributed by atoms with Gasteiger partial charge in [-0.05, 0) is 37.1 Å². The van der Waals surface area contributed by atoms with Crippen LogP contribution in [-0.4, -0.2) is 9.85 Å². The molecule has 0 aliphatic heterocycles. The molecule has 0 amide bonds. The van der Waals surface area contributed by atoms with E-state index in [1.165, 1.54) is 6.07 Å². The average molecular weight is 242 g/mol. The maximum absolute atomic E-state index is 13.4. The molecule has 90 valence electrons. The lowest BCUT2D eigenvalue weighted by atomic mass is 10.1. The second-order valence-corrected chi connectivity index (χ2v) is 6.90. The molecule has 0 bridgehead atoms. The highest BCUT2D eigenvalue weighted by Gasteiger charge is 2.18. The molecule has 1 aromatic carbocycles. The number of aryl methyl sites for hydroxylation is 1. The van der Waals surface area contributed by atoms with Crippen molar-refractivity contribution < 1.29 is 9.50 Å². The topological polar surface area (TPSA) is 20.2 Å². The maximum Gasteiger partial charge on any atom is 0.126 e. The van der Waals surface area contributed by atoms with E-state index in [4.69, 9.17) is 0 Å². The zero-order valence-electron chi connectivity index (χ0n) is 10.5. The van der Waals surface area contributed by atoms with Gasteiger partial charge in [0.05, 0.1) is 6.10 Å². The van der Waals surface area contributed by atoms with Crippen molar-refractivity contribution in [2.75, 3.05) is 0 Å². The fourth-order valence-electron chi connectivity index (χ4n) is 1.42. The van der Waals surface area contributed by atoms with Crippen molar-refractivity contribution in [3.8, 4) is 0 Å². The Morgan fingerprint density at radius 3 is 2.31 bits per heavy atom. The molecule has 0 saturated heterocycles. The smallest absolute Gasteiger partial charge is 0.126 e. The third kappa shape index (κ3) is 3.49. The summed E-state index contributed by atoms with van der Waals surface area (Å²) in [5.74, 6) is -0.255. The Balaban J connectivity index is 3.20. The number of thioether (sulfide) groups is 1. The summed E-state index contributed by atoms with van der Waals surface area (Å²) >= 11 is 1.65. The normalized spacial score (nSPS) is 13.9. The largest absolute Gasteiger partial charge is 0.389 e. The third-order valence-electron chi connectivity index (χ3n) is 2.16. The van der Waals surface area contributed by atoms with E-state index in [0.717, 1.165) is 4.90 Å². The predicted octanol–water partition coefficient (Wildman–Crippen LogP) is 4.08. The Bertz CT molecular complexity index is 380. The Hall–Kier alpha value is -0.540. The van der Waals surface area contributed by atoms with Crippen LogP contribution in [0.5, 0.6) is 0 Å². The van der Waals surface area contributed by atoms with Crippen molar-refractivity contribution in [3.05, 3.63) is 29.1 Å². The van der Waals surface area contributed by atoms with Gasteiger partial charge < -0.3 is 5.11 Å². The van der Waals surface area contributed by atoms with Crippen molar-refractivity contribution in [3.63, 3.8) is 0 Å². The molecule has 0 aliphatic rings. The van der Waals surface area contributed by atoms with E-state index in [1.807, 2.05) is 6.07 Å². The second-order valence-electron chi connectivity index (χ2n) is 5.03. The third-order valence-corrected chi connectivity index (χ3v) is 3.34. The molecule has 0 aromatic heterocycles. The molecule has 3 heteroatoms. The van der Waals surface area contributed by atoms with Crippen LogP contribution in [0.3, 0.4) is 0 Å². The molecule has 1 N–H and O–H groups in total. The minimum Gasteiger partial charge on any atom is -0.389 e. The highest BCUT2D eigenvalue weighted by atomic mass is 32.2. The van der Waals surface area contributed by atoms with Crippen molar-refractivity contribution >= 4 is 11.8 Å². The maximum atomic E-state index is 13.4. The molecular weight excluding hydrogens is 223 g/mol. The lowest BCUT2D eigenvalue weighted by molar-refractivity contribution is 0.196. The second kappa shape index (κ2) is 4.76. The van der Waals surface area contributed by atoms with Crippen molar-refractivity contribution in [2.24, 2.45) is 0 Å². The van der Waals surface area contributed by atoms with Crippen LogP contribution < -0.4 is 0 Å². The van der Waals surface area contributed by atoms with E-state index in [2.05, 4.69) is 20.8 Å². The van der Waals surface area contributed by atoms with E-state index in [0.29, 0.717) is 11.1 Å². The van der Waals surface area contributed by atoms with Gasteiger partial charge in [0.2, 0.25) is 0 Å². The van der Waals surface area contributed by atoms with Crippen LogP contribution in [0.2, 0.25) is 0 Å². The first-order valence-electron chi connectivity index (χ1n) is 5.38. The number of rotatable bonds is 2. The summed E-state index contributed by atoms with van der Waals surface area (Å²) < 4.78 is 13.5. The van der Waals surface area contributed by atoms with Gasteiger partial charge >= 0.3 is 0 Å². The van der Waals surface area contributed by atoms with E-state index < -0.39 is 6.10 Å². The number of aliphatic hydroxyl groups is 1. The Labute approximate surface area is 101 Å². The SMILES string of the molecule is Cc1cc(SC(C)(C)C)c(C(C)O)cc1F. The van der Waals surface area contributed by atoms with Gasteiger partial charge in [0.25, 0.3) is 0 Å². The van der Waals surface area contributed by atoms with Gasteiger partial charge in [0, 0.05) is 9.64 Å². The summed E-state index contributed by atoms with van der Waals surface area (Å²) in [7, 11) is 0. The standard InChI is InChI=1S/C13H19FOS/c1-8-6-12(16-13(3,4)5)10(9(2)15)7-11(8)14/h6-7,9,15H,1-5H3. The summed E-state index contributed by atoms with van der Waals surface area (Å²) in [6.07, 6.45) is -0.639. The number of halogens is 1. The molecule has 16 heavy (non-hydrogen) atoms. The number of benzene rings is 1. The predicted molar refractivity (Wildman–Crippen MR) is 67.4 cm³/mol. The van der Waals surface area contributed by atoms with Crippen molar-refractivity contribution in [1.82, 2.24) is 0 Å². The molecular formula is C13H19FOS. The van der Waals surface area contributed by atoms with Crippen molar-refractivity contribution in [2.45, 2.75) is 50.4 Å². The fraction of sp³-hybridized carbons (Fsp3) is 0.538. The van der Waals surface area contributed by atoms with Gasteiger partial charge in [0.15, 0.2) is 0 Å². The molecule has 0 fully saturated rings.